The number of benzene rings is 3. The first-order chi connectivity index (χ1) is 18.3. The Morgan fingerprint density at radius 2 is 1.71 bits per heavy atom. The zero-order valence-electron chi connectivity index (χ0n) is 21.8. The van der Waals surface area contributed by atoms with Gasteiger partial charge >= 0.3 is 0 Å². The average Bonchev–Trinajstić information content (AvgIpc) is 3.13. The molecule has 3 aromatic carbocycles. The lowest BCUT2D eigenvalue weighted by atomic mass is 10.1. The van der Waals surface area contributed by atoms with Crippen molar-refractivity contribution in [3.8, 4) is 0 Å². The normalized spacial score (nSPS) is 14.4. The molecule has 1 aliphatic rings. The molecule has 1 atom stereocenters. The Morgan fingerprint density at radius 1 is 1.00 bits per heavy atom. The van der Waals surface area contributed by atoms with Gasteiger partial charge in [-0.1, -0.05) is 68.3 Å². The smallest absolute Gasteiger partial charge is 0.265 e. The van der Waals surface area contributed by atoms with Crippen molar-refractivity contribution in [2.75, 3.05) is 17.4 Å². The summed E-state index contributed by atoms with van der Waals surface area (Å²) in [7, 11) is -3.68. The van der Waals surface area contributed by atoms with Gasteiger partial charge < -0.3 is 10.2 Å². The number of hydrogen-bond acceptors (Lipinski definition) is 4. The Kier molecular flexibility index (Phi) is 8.95. The minimum absolute atomic E-state index is 0.116. The molecule has 0 saturated heterocycles. The zero-order chi connectivity index (χ0) is 27.3. The van der Waals surface area contributed by atoms with Crippen molar-refractivity contribution in [3.63, 3.8) is 0 Å². The zero-order valence-corrected chi connectivity index (χ0v) is 23.4. The molecule has 3 aromatic rings. The van der Waals surface area contributed by atoms with Crippen LogP contribution >= 0.6 is 11.6 Å². The van der Waals surface area contributed by atoms with Crippen molar-refractivity contribution >= 4 is 49.9 Å². The van der Waals surface area contributed by atoms with E-state index >= 15 is 0 Å². The Hall–Kier alpha value is -3.10. The molecule has 9 heteroatoms. The maximum absolute atomic E-state index is 13.5. The third-order valence-electron chi connectivity index (χ3n) is 6.91. The number of unbranched alkanes of at least 4 members (excludes halogenated alkanes) is 1. The van der Waals surface area contributed by atoms with E-state index < -0.39 is 16.1 Å². The van der Waals surface area contributed by atoms with E-state index in [-0.39, 0.29) is 31.3 Å². The number of amides is 2. The molecule has 38 heavy (non-hydrogen) atoms. The van der Waals surface area contributed by atoms with Crippen molar-refractivity contribution in [2.45, 2.75) is 63.4 Å². The number of sulfonamides is 1. The van der Waals surface area contributed by atoms with Gasteiger partial charge in [-0.3, -0.25) is 13.9 Å². The molecule has 0 fully saturated rings. The van der Waals surface area contributed by atoms with E-state index in [0.29, 0.717) is 35.0 Å². The van der Waals surface area contributed by atoms with Crippen LogP contribution in [0.2, 0.25) is 5.02 Å². The molecule has 0 aromatic heterocycles. The fraction of sp³-hybridized carbons (Fsp3) is 0.379. The number of anilines is 1. The molecule has 0 spiro atoms. The van der Waals surface area contributed by atoms with E-state index in [1.807, 2.05) is 37.3 Å². The second-order valence-electron chi connectivity index (χ2n) is 9.53. The van der Waals surface area contributed by atoms with Crippen LogP contribution in [-0.4, -0.2) is 44.3 Å². The lowest BCUT2D eigenvalue weighted by Gasteiger charge is -2.31. The van der Waals surface area contributed by atoms with Gasteiger partial charge in [0.25, 0.3) is 10.0 Å². The van der Waals surface area contributed by atoms with Gasteiger partial charge in [0, 0.05) is 36.5 Å². The van der Waals surface area contributed by atoms with Gasteiger partial charge in [0.1, 0.15) is 6.04 Å². The Morgan fingerprint density at radius 3 is 2.39 bits per heavy atom. The van der Waals surface area contributed by atoms with Crippen molar-refractivity contribution < 1.29 is 18.0 Å². The third-order valence-corrected chi connectivity index (χ3v) is 9.02. The van der Waals surface area contributed by atoms with Crippen LogP contribution < -0.4 is 9.62 Å². The highest BCUT2D eigenvalue weighted by Crippen LogP contribution is 2.42. The third kappa shape index (κ3) is 5.81. The molecule has 0 aliphatic carbocycles. The van der Waals surface area contributed by atoms with E-state index in [4.69, 9.17) is 11.6 Å². The second-order valence-corrected chi connectivity index (χ2v) is 11.8. The van der Waals surface area contributed by atoms with Gasteiger partial charge in [-0.15, -0.1) is 0 Å². The fourth-order valence-electron chi connectivity index (χ4n) is 4.93. The molecule has 7 nitrogen and oxygen atoms in total. The van der Waals surface area contributed by atoms with Crippen LogP contribution in [0.25, 0.3) is 10.8 Å². The minimum atomic E-state index is -3.68. The topological polar surface area (TPSA) is 86.8 Å². The first-order valence-corrected chi connectivity index (χ1v) is 15.0. The summed E-state index contributed by atoms with van der Waals surface area (Å²) in [5.74, 6) is -0.364. The monoisotopic (exact) mass is 555 g/mol. The van der Waals surface area contributed by atoms with Gasteiger partial charge in [-0.2, -0.15) is 0 Å². The molecule has 4 rings (SSSR count). The lowest BCUT2D eigenvalue weighted by Crippen LogP contribution is -2.49. The predicted octanol–water partition coefficient (Wildman–Crippen LogP) is 5.51. The average molecular weight is 556 g/mol. The van der Waals surface area contributed by atoms with Crippen molar-refractivity contribution in [2.24, 2.45) is 0 Å². The SMILES string of the molecule is CCCCNC(=O)[C@H](CC)N(Cc1ccc(Cl)cc1)C(=O)CCCN1c2cccc3cccc(c23)S1(=O)=O. The summed E-state index contributed by atoms with van der Waals surface area (Å²) in [6.07, 6.45) is 2.74. The van der Waals surface area contributed by atoms with E-state index in [0.717, 1.165) is 29.2 Å². The molecule has 0 unspecified atom stereocenters. The number of hydrogen-bond donors (Lipinski definition) is 1. The molecule has 1 heterocycles. The lowest BCUT2D eigenvalue weighted by molar-refractivity contribution is -0.141. The highest BCUT2D eigenvalue weighted by Gasteiger charge is 2.35. The van der Waals surface area contributed by atoms with Gasteiger partial charge in [-0.25, -0.2) is 8.42 Å². The van der Waals surface area contributed by atoms with Crippen LogP contribution in [0.5, 0.6) is 0 Å². The number of nitrogens with one attached hydrogen (secondary N) is 1. The van der Waals surface area contributed by atoms with Crippen LogP contribution in [0, 0.1) is 0 Å². The van der Waals surface area contributed by atoms with Crippen LogP contribution in [0.1, 0.15) is 51.5 Å². The Balaban J connectivity index is 1.50. The second kappa shape index (κ2) is 12.2. The van der Waals surface area contributed by atoms with Crippen LogP contribution in [0.3, 0.4) is 0 Å². The molecular formula is C29H34ClN3O4S. The van der Waals surface area contributed by atoms with Crippen LogP contribution in [0.4, 0.5) is 5.69 Å². The summed E-state index contributed by atoms with van der Waals surface area (Å²) >= 11 is 6.04. The highest BCUT2D eigenvalue weighted by atomic mass is 35.5. The summed E-state index contributed by atoms with van der Waals surface area (Å²) in [6.45, 7) is 4.95. The van der Waals surface area contributed by atoms with Crippen molar-refractivity contribution in [1.29, 1.82) is 0 Å². The summed E-state index contributed by atoms with van der Waals surface area (Å²) in [5.41, 5.74) is 1.51. The summed E-state index contributed by atoms with van der Waals surface area (Å²) in [5, 5.41) is 5.15. The molecule has 202 valence electrons. The number of carbonyl (C=O) groups is 2. The van der Waals surface area contributed by atoms with Crippen molar-refractivity contribution in [1.82, 2.24) is 10.2 Å². The number of carbonyl (C=O) groups excluding carboxylic acids is 2. The maximum atomic E-state index is 13.5. The Labute approximate surface area is 229 Å². The van der Waals surface area contributed by atoms with Gasteiger partial charge in [0.15, 0.2) is 0 Å². The van der Waals surface area contributed by atoms with Gasteiger partial charge in [0.2, 0.25) is 11.8 Å². The molecule has 1 N–H and O–H groups in total. The summed E-state index contributed by atoms with van der Waals surface area (Å²) in [6, 6.07) is 17.4. The molecule has 0 saturated carbocycles. The summed E-state index contributed by atoms with van der Waals surface area (Å²) < 4.78 is 28.0. The highest BCUT2D eigenvalue weighted by molar-refractivity contribution is 7.93. The van der Waals surface area contributed by atoms with Crippen LogP contribution in [0.15, 0.2) is 65.6 Å². The largest absolute Gasteiger partial charge is 0.354 e. The number of halogens is 1. The first kappa shape index (κ1) is 27.9. The van der Waals surface area contributed by atoms with Crippen LogP contribution in [-0.2, 0) is 26.2 Å². The number of nitrogens with zero attached hydrogens (tertiary/aromatic N) is 2. The van der Waals surface area contributed by atoms with E-state index in [1.165, 1.54) is 4.31 Å². The number of rotatable bonds is 12. The van der Waals surface area contributed by atoms with Gasteiger partial charge in [-0.05, 0) is 54.5 Å². The van der Waals surface area contributed by atoms with E-state index in [9.17, 15) is 18.0 Å². The molecule has 2 amide bonds. The minimum Gasteiger partial charge on any atom is -0.354 e. The van der Waals surface area contributed by atoms with E-state index in [2.05, 4.69) is 12.2 Å². The fourth-order valence-corrected chi connectivity index (χ4v) is 6.80. The first-order valence-electron chi connectivity index (χ1n) is 13.1. The Bertz CT molecular complexity index is 1400. The standard InChI is InChI=1S/C29H34ClN3O4S/c1-3-5-18-31-29(35)24(4-2)32(20-21-14-16-23(30)17-15-21)27(34)13-8-19-33-25-11-6-9-22-10-7-12-26(28(22)25)38(33,36)37/h6-7,9-12,14-17,24H,3-5,8,13,18-20H2,1-2H3,(H,31,35)/t24-/m0/s1. The molecular weight excluding hydrogens is 522 g/mol. The predicted molar refractivity (Wildman–Crippen MR) is 152 cm³/mol. The molecule has 0 bridgehead atoms. The van der Waals surface area contributed by atoms with Gasteiger partial charge in [0.05, 0.1) is 10.6 Å². The quantitative estimate of drug-likeness (QED) is 0.299. The molecule has 0 radical (unpaired) electrons. The summed E-state index contributed by atoms with van der Waals surface area (Å²) in [4.78, 5) is 28.5. The molecule has 1 aliphatic heterocycles. The van der Waals surface area contributed by atoms with Crippen molar-refractivity contribution in [3.05, 3.63) is 71.2 Å². The van der Waals surface area contributed by atoms with E-state index in [1.54, 1.807) is 35.2 Å². The maximum Gasteiger partial charge on any atom is 0.265 e.